The molecule has 1 rings (SSSR count). The number of alkyl halides is 6. The molecule has 1 nitrogen and oxygen atoms in total. The topological polar surface area (TPSA) is 26.0 Å². The van der Waals surface area contributed by atoms with E-state index in [2.05, 4.69) is 0 Å². The fraction of sp³-hybridized carbons (Fsp3) is 0.400. The smallest absolute Gasteiger partial charge is 0.324 e. The second kappa shape index (κ2) is 5.79. The summed E-state index contributed by atoms with van der Waals surface area (Å²) in [7, 11) is 0. The summed E-state index contributed by atoms with van der Waals surface area (Å²) in [5.74, 6) is 0. The van der Waals surface area contributed by atoms with Crippen molar-refractivity contribution in [3.05, 3.63) is 35.4 Å². The van der Waals surface area contributed by atoms with Crippen LogP contribution in [0.3, 0.4) is 0 Å². The zero-order chi connectivity index (χ0) is 13.3. The van der Waals surface area contributed by atoms with Crippen molar-refractivity contribution >= 4 is 12.4 Å². The maximum Gasteiger partial charge on any atom is 0.416 e. The van der Waals surface area contributed by atoms with E-state index in [1.54, 1.807) is 0 Å². The van der Waals surface area contributed by atoms with Crippen molar-refractivity contribution < 1.29 is 26.3 Å². The van der Waals surface area contributed by atoms with Crippen LogP contribution in [0.5, 0.6) is 0 Å². The van der Waals surface area contributed by atoms with Gasteiger partial charge in [0.05, 0.1) is 12.0 Å². The van der Waals surface area contributed by atoms with Gasteiger partial charge in [-0.3, -0.25) is 0 Å². The number of benzene rings is 1. The van der Waals surface area contributed by atoms with E-state index in [0.717, 1.165) is 18.2 Å². The molecule has 0 saturated heterocycles. The quantitative estimate of drug-likeness (QED) is 0.817. The normalized spacial score (nSPS) is 13.9. The van der Waals surface area contributed by atoms with Gasteiger partial charge in [-0.1, -0.05) is 12.1 Å². The zero-order valence-corrected chi connectivity index (χ0v) is 9.66. The molecular weight excluding hydrogens is 284 g/mol. The number of hydrogen-bond acceptors (Lipinski definition) is 1. The van der Waals surface area contributed by atoms with Gasteiger partial charge in [0.25, 0.3) is 0 Å². The SMILES string of the molecule is Cl.N[C@@H](CC(F)(F)F)c1cccc(C(F)(F)F)c1. The molecule has 1 atom stereocenters. The lowest BCUT2D eigenvalue weighted by atomic mass is 10.0. The largest absolute Gasteiger partial charge is 0.416 e. The van der Waals surface area contributed by atoms with Crippen LogP contribution in [-0.4, -0.2) is 6.18 Å². The molecule has 0 unspecified atom stereocenters. The Bertz CT molecular complexity index is 387. The van der Waals surface area contributed by atoms with E-state index in [9.17, 15) is 26.3 Å². The van der Waals surface area contributed by atoms with E-state index in [0.29, 0.717) is 6.07 Å². The van der Waals surface area contributed by atoms with Crippen molar-refractivity contribution in [3.8, 4) is 0 Å². The highest BCUT2D eigenvalue weighted by Gasteiger charge is 2.33. The van der Waals surface area contributed by atoms with Crippen molar-refractivity contribution in [2.75, 3.05) is 0 Å². The summed E-state index contributed by atoms with van der Waals surface area (Å²) in [6, 6.07) is 2.11. The average molecular weight is 294 g/mol. The third kappa shape index (κ3) is 5.14. The fourth-order valence-corrected chi connectivity index (χ4v) is 1.31. The third-order valence-electron chi connectivity index (χ3n) is 2.09. The molecule has 18 heavy (non-hydrogen) atoms. The van der Waals surface area contributed by atoms with E-state index >= 15 is 0 Å². The van der Waals surface area contributed by atoms with Crippen LogP contribution in [0.1, 0.15) is 23.6 Å². The Balaban J connectivity index is 0.00000289. The Labute approximate surface area is 105 Å². The lowest BCUT2D eigenvalue weighted by molar-refractivity contribution is -0.138. The Morgan fingerprint density at radius 3 is 2.06 bits per heavy atom. The summed E-state index contributed by atoms with van der Waals surface area (Å²) >= 11 is 0. The van der Waals surface area contributed by atoms with Gasteiger partial charge in [-0.05, 0) is 17.7 Å². The molecule has 0 fully saturated rings. The van der Waals surface area contributed by atoms with Crippen LogP contribution < -0.4 is 5.73 Å². The molecule has 0 radical (unpaired) electrons. The van der Waals surface area contributed by atoms with Crippen molar-refractivity contribution in [3.63, 3.8) is 0 Å². The van der Waals surface area contributed by atoms with Crippen LogP contribution in [0.2, 0.25) is 0 Å². The summed E-state index contributed by atoms with van der Waals surface area (Å²) in [4.78, 5) is 0. The molecule has 0 amide bonds. The van der Waals surface area contributed by atoms with E-state index in [-0.39, 0.29) is 18.0 Å². The predicted octanol–water partition coefficient (Wildman–Crippen LogP) is 4.08. The molecule has 1 aromatic carbocycles. The molecule has 0 aliphatic rings. The highest BCUT2D eigenvalue weighted by atomic mass is 35.5. The molecule has 0 spiro atoms. The van der Waals surface area contributed by atoms with Crippen LogP contribution in [0.4, 0.5) is 26.3 Å². The van der Waals surface area contributed by atoms with Gasteiger partial charge in [0, 0.05) is 6.04 Å². The van der Waals surface area contributed by atoms with Gasteiger partial charge in [0.2, 0.25) is 0 Å². The molecule has 8 heteroatoms. The van der Waals surface area contributed by atoms with Gasteiger partial charge < -0.3 is 5.73 Å². The van der Waals surface area contributed by atoms with Crippen molar-refractivity contribution in [1.82, 2.24) is 0 Å². The molecule has 0 heterocycles. The standard InChI is InChI=1S/C10H9F6N.ClH/c11-9(12,13)5-8(17)6-2-1-3-7(4-6)10(14,15)16;/h1-4,8H,5,17H2;1H/t8-;/m0./s1. The maximum atomic E-state index is 12.3. The number of rotatable bonds is 2. The van der Waals surface area contributed by atoms with Crippen LogP contribution in [0.25, 0.3) is 0 Å². The molecule has 104 valence electrons. The highest BCUT2D eigenvalue weighted by molar-refractivity contribution is 5.85. The first kappa shape index (κ1) is 17.1. The lowest BCUT2D eigenvalue weighted by Gasteiger charge is -2.16. The van der Waals surface area contributed by atoms with Crippen LogP contribution in [-0.2, 0) is 6.18 Å². The van der Waals surface area contributed by atoms with Crippen molar-refractivity contribution in [1.29, 1.82) is 0 Å². The van der Waals surface area contributed by atoms with Crippen LogP contribution in [0.15, 0.2) is 24.3 Å². The molecule has 0 saturated carbocycles. The minimum absolute atomic E-state index is 0. The number of nitrogens with two attached hydrogens (primary N) is 1. The predicted molar refractivity (Wildman–Crippen MR) is 56.3 cm³/mol. The monoisotopic (exact) mass is 293 g/mol. The van der Waals surface area contributed by atoms with E-state index in [1.165, 1.54) is 0 Å². The fourth-order valence-electron chi connectivity index (χ4n) is 1.31. The second-order valence-corrected chi connectivity index (χ2v) is 3.55. The first-order valence-corrected chi connectivity index (χ1v) is 4.59. The van der Waals surface area contributed by atoms with Gasteiger partial charge in [-0.25, -0.2) is 0 Å². The molecule has 0 aliphatic carbocycles. The van der Waals surface area contributed by atoms with E-state index in [4.69, 9.17) is 5.73 Å². The summed E-state index contributed by atoms with van der Waals surface area (Å²) < 4.78 is 73.0. The van der Waals surface area contributed by atoms with Gasteiger partial charge in [0.15, 0.2) is 0 Å². The first-order chi connectivity index (χ1) is 7.59. The Morgan fingerprint density at radius 1 is 1.06 bits per heavy atom. The Hall–Kier alpha value is -0.950. The van der Waals surface area contributed by atoms with Gasteiger partial charge in [0.1, 0.15) is 0 Å². The molecule has 0 aliphatic heterocycles. The molecule has 1 aromatic rings. The van der Waals surface area contributed by atoms with Crippen molar-refractivity contribution in [2.24, 2.45) is 5.73 Å². The van der Waals surface area contributed by atoms with Gasteiger partial charge >= 0.3 is 12.4 Å². The van der Waals surface area contributed by atoms with Gasteiger partial charge in [-0.2, -0.15) is 26.3 Å². The Kier molecular flexibility index (Phi) is 5.49. The van der Waals surface area contributed by atoms with Crippen LogP contribution in [0, 0.1) is 0 Å². The lowest BCUT2D eigenvalue weighted by Crippen LogP contribution is -2.20. The molecule has 2 N–H and O–H groups in total. The van der Waals surface area contributed by atoms with E-state index < -0.39 is 30.4 Å². The highest BCUT2D eigenvalue weighted by Crippen LogP contribution is 2.33. The maximum absolute atomic E-state index is 12.3. The molecular formula is C10H10ClF6N. The molecule has 0 bridgehead atoms. The van der Waals surface area contributed by atoms with Gasteiger partial charge in [-0.15, -0.1) is 12.4 Å². The third-order valence-corrected chi connectivity index (χ3v) is 2.09. The number of hydrogen-bond donors (Lipinski definition) is 1. The molecule has 0 aromatic heterocycles. The minimum Gasteiger partial charge on any atom is -0.324 e. The summed E-state index contributed by atoms with van der Waals surface area (Å²) in [5, 5.41) is 0. The Morgan fingerprint density at radius 2 is 1.61 bits per heavy atom. The zero-order valence-electron chi connectivity index (χ0n) is 8.85. The second-order valence-electron chi connectivity index (χ2n) is 3.55. The summed E-state index contributed by atoms with van der Waals surface area (Å²) in [5.41, 5.74) is 4.02. The minimum atomic E-state index is -4.59. The number of halogens is 7. The van der Waals surface area contributed by atoms with Crippen LogP contribution >= 0.6 is 12.4 Å². The summed E-state index contributed by atoms with van der Waals surface area (Å²) in [6.07, 6.45) is -10.4. The summed E-state index contributed by atoms with van der Waals surface area (Å²) in [6.45, 7) is 0. The first-order valence-electron chi connectivity index (χ1n) is 4.59. The van der Waals surface area contributed by atoms with E-state index in [1.807, 2.05) is 0 Å². The average Bonchev–Trinajstić information content (AvgIpc) is 2.14. The van der Waals surface area contributed by atoms with Crippen molar-refractivity contribution in [2.45, 2.75) is 24.8 Å².